The Balaban J connectivity index is 1.35. The second-order valence-electron chi connectivity index (χ2n) is 10.2. The van der Waals surface area contributed by atoms with Crippen LogP contribution >= 0.6 is 0 Å². The average molecular weight is 512 g/mol. The van der Waals surface area contributed by atoms with E-state index in [4.69, 9.17) is 4.42 Å². The molecule has 0 aliphatic rings. The van der Waals surface area contributed by atoms with Crippen molar-refractivity contribution in [2.45, 2.75) is 0 Å². The summed E-state index contributed by atoms with van der Waals surface area (Å²) in [5.41, 5.74) is 7.52. The topological polar surface area (TPSA) is 16.4 Å². The minimum Gasteiger partial charge on any atom is -0.456 e. The number of furan rings is 1. The van der Waals surface area contributed by atoms with E-state index >= 15 is 0 Å². The van der Waals surface area contributed by atoms with Gasteiger partial charge in [0.2, 0.25) is 0 Å². The molecule has 40 heavy (non-hydrogen) atoms. The van der Waals surface area contributed by atoms with Crippen molar-refractivity contribution in [2.75, 3.05) is 4.90 Å². The van der Waals surface area contributed by atoms with Crippen molar-refractivity contribution in [3.8, 4) is 11.1 Å². The summed E-state index contributed by atoms with van der Waals surface area (Å²) in [7, 11) is 0. The Bertz CT molecular complexity index is 2180. The summed E-state index contributed by atoms with van der Waals surface area (Å²) in [5, 5.41) is 7.16. The van der Waals surface area contributed by atoms with Gasteiger partial charge < -0.3 is 9.32 Å². The lowest BCUT2D eigenvalue weighted by molar-refractivity contribution is 0.669. The van der Waals surface area contributed by atoms with Crippen LogP contribution in [0, 0.1) is 0 Å². The Hall–Kier alpha value is -5.34. The van der Waals surface area contributed by atoms with E-state index in [1.54, 1.807) is 0 Å². The molecule has 0 bridgehead atoms. The smallest absolute Gasteiger partial charge is 0.135 e. The van der Waals surface area contributed by atoms with Crippen LogP contribution in [0.1, 0.15) is 0 Å². The highest BCUT2D eigenvalue weighted by Gasteiger charge is 2.18. The predicted octanol–water partition coefficient (Wildman–Crippen LogP) is 11.0. The van der Waals surface area contributed by atoms with Crippen LogP contribution in [0.4, 0.5) is 17.1 Å². The second-order valence-corrected chi connectivity index (χ2v) is 10.2. The zero-order valence-electron chi connectivity index (χ0n) is 21.8. The summed E-state index contributed by atoms with van der Waals surface area (Å²) in [4.78, 5) is 2.37. The molecule has 7 aromatic carbocycles. The molecule has 0 saturated heterocycles. The maximum atomic E-state index is 6.16. The van der Waals surface area contributed by atoms with E-state index in [0.717, 1.165) is 39.0 Å². The molecular weight excluding hydrogens is 486 g/mol. The molecule has 0 atom stereocenters. The molecule has 2 nitrogen and oxygen atoms in total. The van der Waals surface area contributed by atoms with Crippen molar-refractivity contribution in [1.29, 1.82) is 0 Å². The van der Waals surface area contributed by atoms with Crippen LogP contribution < -0.4 is 4.90 Å². The number of fused-ring (bicyclic) bond motifs is 5. The van der Waals surface area contributed by atoms with Gasteiger partial charge in [-0.15, -0.1) is 0 Å². The van der Waals surface area contributed by atoms with Gasteiger partial charge in [0.1, 0.15) is 11.2 Å². The Labute approximate surface area is 232 Å². The standard InChI is InChI=1S/C38H25NO/c1-2-11-28-23-30(20-19-26(28)9-1)29-13-7-14-31(24-29)39(36-17-8-12-27-10-3-4-15-33(27)36)32-21-22-38-35(25-32)34-16-5-6-18-37(34)40-38/h1-25H. The van der Waals surface area contributed by atoms with Crippen LogP contribution in [-0.2, 0) is 0 Å². The number of rotatable bonds is 4. The average Bonchev–Trinajstić information content (AvgIpc) is 3.39. The number of anilines is 3. The minimum atomic E-state index is 0.896. The van der Waals surface area contributed by atoms with Crippen molar-refractivity contribution < 1.29 is 4.42 Å². The molecule has 1 aromatic heterocycles. The van der Waals surface area contributed by atoms with Crippen LogP contribution in [0.15, 0.2) is 156 Å². The Morgan fingerprint density at radius 2 is 1.05 bits per heavy atom. The number of para-hydroxylation sites is 1. The molecule has 0 unspecified atom stereocenters. The van der Waals surface area contributed by atoms with E-state index in [1.807, 2.05) is 12.1 Å². The van der Waals surface area contributed by atoms with Gasteiger partial charge in [0.25, 0.3) is 0 Å². The Morgan fingerprint density at radius 3 is 1.98 bits per heavy atom. The third kappa shape index (κ3) is 3.73. The zero-order valence-corrected chi connectivity index (χ0v) is 21.8. The summed E-state index contributed by atoms with van der Waals surface area (Å²) >= 11 is 0. The summed E-state index contributed by atoms with van der Waals surface area (Å²) in [6.07, 6.45) is 0. The Morgan fingerprint density at radius 1 is 0.375 bits per heavy atom. The van der Waals surface area contributed by atoms with E-state index in [9.17, 15) is 0 Å². The molecule has 0 spiro atoms. The fraction of sp³-hybridized carbons (Fsp3) is 0. The van der Waals surface area contributed by atoms with Gasteiger partial charge in [0, 0.05) is 27.5 Å². The van der Waals surface area contributed by atoms with Crippen molar-refractivity contribution in [2.24, 2.45) is 0 Å². The summed E-state index contributed by atoms with van der Waals surface area (Å²) < 4.78 is 6.16. The van der Waals surface area contributed by atoms with Crippen LogP contribution in [0.25, 0.3) is 54.6 Å². The van der Waals surface area contributed by atoms with Gasteiger partial charge in [-0.3, -0.25) is 0 Å². The first-order valence-electron chi connectivity index (χ1n) is 13.6. The molecule has 8 aromatic rings. The highest BCUT2D eigenvalue weighted by atomic mass is 16.3. The van der Waals surface area contributed by atoms with Gasteiger partial charge in [-0.1, -0.05) is 103 Å². The normalized spacial score (nSPS) is 11.5. The molecule has 1 heterocycles. The van der Waals surface area contributed by atoms with Crippen molar-refractivity contribution >= 4 is 60.5 Å². The quantitative estimate of drug-likeness (QED) is 0.234. The lowest BCUT2D eigenvalue weighted by atomic mass is 10.00. The maximum Gasteiger partial charge on any atom is 0.135 e. The molecule has 2 heteroatoms. The Kier molecular flexibility index (Phi) is 5.17. The number of nitrogens with zero attached hydrogens (tertiary/aromatic N) is 1. The molecule has 188 valence electrons. The molecule has 0 amide bonds. The highest BCUT2D eigenvalue weighted by Crippen LogP contribution is 2.42. The summed E-state index contributed by atoms with van der Waals surface area (Å²) in [5.74, 6) is 0. The highest BCUT2D eigenvalue weighted by molar-refractivity contribution is 6.07. The minimum absolute atomic E-state index is 0.896. The van der Waals surface area contributed by atoms with Gasteiger partial charge in [0.05, 0.1) is 5.69 Å². The van der Waals surface area contributed by atoms with Crippen molar-refractivity contribution in [3.05, 3.63) is 152 Å². The molecule has 0 radical (unpaired) electrons. The van der Waals surface area contributed by atoms with Crippen LogP contribution in [0.3, 0.4) is 0 Å². The lowest BCUT2D eigenvalue weighted by Crippen LogP contribution is -2.10. The van der Waals surface area contributed by atoms with Gasteiger partial charge in [0.15, 0.2) is 0 Å². The van der Waals surface area contributed by atoms with Gasteiger partial charge >= 0.3 is 0 Å². The first-order valence-corrected chi connectivity index (χ1v) is 13.6. The SMILES string of the molecule is c1cc(-c2ccc3ccccc3c2)cc(N(c2ccc3oc4ccccc4c3c2)c2cccc3ccccc23)c1. The molecular formula is C38H25NO. The first-order chi connectivity index (χ1) is 19.8. The van der Waals surface area contributed by atoms with E-state index in [1.165, 1.54) is 32.7 Å². The van der Waals surface area contributed by atoms with Crippen LogP contribution in [-0.4, -0.2) is 0 Å². The van der Waals surface area contributed by atoms with Crippen molar-refractivity contribution in [1.82, 2.24) is 0 Å². The van der Waals surface area contributed by atoms with Gasteiger partial charge in [-0.25, -0.2) is 0 Å². The third-order valence-electron chi connectivity index (χ3n) is 7.81. The third-order valence-corrected chi connectivity index (χ3v) is 7.81. The summed E-state index contributed by atoms with van der Waals surface area (Å²) in [6.45, 7) is 0. The molecule has 0 fully saturated rings. The predicted molar refractivity (Wildman–Crippen MR) is 169 cm³/mol. The van der Waals surface area contributed by atoms with E-state index < -0.39 is 0 Å². The van der Waals surface area contributed by atoms with Crippen LogP contribution in [0.5, 0.6) is 0 Å². The fourth-order valence-corrected chi connectivity index (χ4v) is 5.88. The lowest BCUT2D eigenvalue weighted by Gasteiger charge is -2.27. The first kappa shape index (κ1) is 22.6. The second kappa shape index (κ2) is 9.14. The van der Waals surface area contributed by atoms with Crippen molar-refractivity contribution in [3.63, 3.8) is 0 Å². The fourth-order valence-electron chi connectivity index (χ4n) is 5.88. The number of hydrogen-bond donors (Lipinski definition) is 0. The van der Waals surface area contributed by atoms with Crippen LogP contribution in [0.2, 0.25) is 0 Å². The summed E-state index contributed by atoms with van der Waals surface area (Å²) in [6, 6.07) is 54.0. The monoisotopic (exact) mass is 511 g/mol. The largest absolute Gasteiger partial charge is 0.456 e. The molecule has 0 aliphatic heterocycles. The molecule has 0 aliphatic carbocycles. The number of hydrogen-bond acceptors (Lipinski definition) is 2. The van der Waals surface area contributed by atoms with E-state index in [0.29, 0.717) is 0 Å². The molecule has 8 rings (SSSR count). The zero-order chi connectivity index (χ0) is 26.5. The molecule has 0 N–H and O–H groups in total. The van der Waals surface area contributed by atoms with E-state index in [2.05, 4.69) is 144 Å². The maximum absolute atomic E-state index is 6.16. The van der Waals surface area contributed by atoms with Gasteiger partial charge in [-0.05, 0) is 75.8 Å². The van der Waals surface area contributed by atoms with E-state index in [-0.39, 0.29) is 0 Å². The number of benzene rings is 7. The molecule has 0 saturated carbocycles. The van der Waals surface area contributed by atoms with Gasteiger partial charge in [-0.2, -0.15) is 0 Å².